The van der Waals surface area contributed by atoms with Crippen LogP contribution < -0.4 is 0 Å². The highest BCUT2D eigenvalue weighted by molar-refractivity contribution is 5.70. The van der Waals surface area contributed by atoms with Crippen LogP contribution in [0.15, 0.2) is 0 Å². The van der Waals surface area contributed by atoms with Crippen LogP contribution in [0.25, 0.3) is 0 Å². The summed E-state index contributed by atoms with van der Waals surface area (Å²) in [5.74, 6) is -0.411. The molecule has 0 aliphatic rings. The number of ether oxygens (including phenoxy) is 12. The van der Waals surface area contributed by atoms with Crippen molar-refractivity contribution in [2.45, 2.75) is 91.1 Å². The van der Waals surface area contributed by atoms with Crippen LogP contribution in [0, 0.1) is 0 Å². The second kappa shape index (κ2) is 39.7. The molecule has 0 aromatic heterocycles. The first-order valence-electron chi connectivity index (χ1n) is 19.0. The zero-order valence-electron chi connectivity index (χ0n) is 32.4. The van der Waals surface area contributed by atoms with Gasteiger partial charge in [0.15, 0.2) is 0 Å². The minimum Gasteiger partial charge on any atom is -0.463 e. The maximum Gasteiger partial charge on any atom is 0.308 e. The maximum absolute atomic E-state index is 11.7. The van der Waals surface area contributed by atoms with Gasteiger partial charge in [0, 0.05) is 6.42 Å². The van der Waals surface area contributed by atoms with Crippen molar-refractivity contribution in [1.82, 2.24) is 0 Å². The summed E-state index contributed by atoms with van der Waals surface area (Å²) in [7, 11) is 0. The molecule has 0 rings (SSSR count). The zero-order chi connectivity index (χ0) is 37.4. The van der Waals surface area contributed by atoms with Crippen molar-refractivity contribution in [1.29, 1.82) is 0 Å². The Hall–Kier alpha value is -1.46. The van der Waals surface area contributed by atoms with Gasteiger partial charge in [-0.25, -0.2) is 0 Å². The van der Waals surface area contributed by atoms with Gasteiger partial charge < -0.3 is 56.8 Å². The molecule has 0 heterocycles. The van der Waals surface area contributed by atoms with E-state index < -0.39 is 5.60 Å². The van der Waals surface area contributed by atoms with E-state index in [1.807, 2.05) is 20.8 Å². The summed E-state index contributed by atoms with van der Waals surface area (Å²) in [6.45, 7) is 17.2. The molecule has 14 nitrogen and oxygen atoms in total. The number of hydrogen-bond donors (Lipinski definition) is 0. The van der Waals surface area contributed by atoms with Crippen LogP contribution in [0.3, 0.4) is 0 Å². The molecule has 0 aromatic rings. The predicted molar refractivity (Wildman–Crippen MR) is 192 cm³/mol. The molecule has 304 valence electrons. The van der Waals surface area contributed by atoms with Gasteiger partial charge in [0.2, 0.25) is 0 Å². The Morgan fingerprint density at radius 3 is 0.980 bits per heavy atom. The lowest BCUT2D eigenvalue weighted by Gasteiger charge is -2.19. The molecule has 0 N–H and O–H groups in total. The van der Waals surface area contributed by atoms with E-state index in [0.29, 0.717) is 139 Å². The normalized spacial score (nSPS) is 11.7. The van der Waals surface area contributed by atoms with Gasteiger partial charge in [-0.3, -0.25) is 9.59 Å². The molecule has 0 aliphatic heterocycles. The lowest BCUT2D eigenvalue weighted by molar-refractivity contribution is -0.156. The molecule has 0 amide bonds. The van der Waals surface area contributed by atoms with E-state index in [-0.39, 0.29) is 25.0 Å². The number of carbonyl (C=O) groups excluding carboxylic acids is 2. The molecule has 0 saturated carbocycles. The highest BCUT2D eigenvalue weighted by Crippen LogP contribution is 2.09. The van der Waals surface area contributed by atoms with E-state index in [1.165, 1.54) is 32.1 Å². The molecule has 14 heteroatoms. The molecular formula is C37H72O14. The van der Waals surface area contributed by atoms with Crippen LogP contribution in [0.4, 0.5) is 0 Å². The molecular weight excluding hydrogens is 668 g/mol. The van der Waals surface area contributed by atoms with E-state index in [1.54, 1.807) is 0 Å². The van der Waals surface area contributed by atoms with Gasteiger partial charge in [0.25, 0.3) is 0 Å². The summed E-state index contributed by atoms with van der Waals surface area (Å²) >= 11 is 0. The molecule has 0 saturated heterocycles. The minimum absolute atomic E-state index is 0.144. The van der Waals surface area contributed by atoms with Crippen LogP contribution in [0.1, 0.15) is 85.5 Å². The Balaban J connectivity index is 3.14. The van der Waals surface area contributed by atoms with Crippen LogP contribution in [-0.2, 0) is 66.4 Å². The molecule has 0 atom stereocenters. The summed E-state index contributed by atoms with van der Waals surface area (Å²) in [6.07, 6.45) is 9.00. The first-order chi connectivity index (χ1) is 24.8. The zero-order valence-corrected chi connectivity index (χ0v) is 32.4. The molecule has 0 unspecified atom stereocenters. The van der Waals surface area contributed by atoms with Crippen molar-refractivity contribution in [3.8, 4) is 0 Å². The second-order valence-corrected chi connectivity index (χ2v) is 12.6. The van der Waals surface area contributed by atoms with Gasteiger partial charge in [0.05, 0.1) is 139 Å². The molecule has 51 heavy (non-hydrogen) atoms. The quantitative estimate of drug-likeness (QED) is 0.0638. The van der Waals surface area contributed by atoms with Crippen molar-refractivity contribution < 1.29 is 66.4 Å². The molecule has 0 aliphatic carbocycles. The van der Waals surface area contributed by atoms with Crippen molar-refractivity contribution >= 4 is 11.9 Å². The number of rotatable bonds is 41. The van der Waals surface area contributed by atoms with Crippen LogP contribution in [0.5, 0.6) is 0 Å². The summed E-state index contributed by atoms with van der Waals surface area (Å²) < 4.78 is 64.9. The Morgan fingerprint density at radius 2 is 0.647 bits per heavy atom. The molecule has 0 fully saturated rings. The van der Waals surface area contributed by atoms with Crippen molar-refractivity contribution in [2.24, 2.45) is 0 Å². The smallest absolute Gasteiger partial charge is 0.308 e. The standard InChI is InChI=1S/C37H72O14/c1-5-6-7-8-9-10-11-12-35(38)50-34-33-49-32-31-48-30-29-47-28-27-46-26-25-45-24-23-44-22-21-43-20-19-42-18-17-41-16-15-40-14-13-36(39)51-37(2,3)4/h5-34H2,1-4H3. The van der Waals surface area contributed by atoms with Gasteiger partial charge in [-0.1, -0.05) is 45.4 Å². The van der Waals surface area contributed by atoms with Crippen molar-refractivity contribution in [3.63, 3.8) is 0 Å². The Kier molecular flexibility index (Phi) is 38.6. The Morgan fingerprint density at radius 1 is 0.353 bits per heavy atom. The Bertz CT molecular complexity index is 735. The van der Waals surface area contributed by atoms with E-state index in [2.05, 4.69) is 6.92 Å². The summed E-state index contributed by atoms with van der Waals surface area (Å²) in [5.41, 5.74) is -0.476. The first kappa shape index (κ1) is 49.5. The molecule has 0 spiro atoms. The lowest BCUT2D eigenvalue weighted by atomic mass is 10.1. The Labute approximate surface area is 308 Å². The highest BCUT2D eigenvalue weighted by Gasteiger charge is 2.15. The fourth-order valence-electron chi connectivity index (χ4n) is 4.14. The van der Waals surface area contributed by atoms with Gasteiger partial charge in [-0.2, -0.15) is 0 Å². The highest BCUT2D eigenvalue weighted by atomic mass is 16.6. The SMILES string of the molecule is CCCCCCCCCC(=O)OCCOCCOCCOCCOCCOCCOCCOCCOCCOCCOCCC(=O)OC(C)(C)C. The number of unbranched alkanes of at least 4 members (excludes halogenated alkanes) is 6. The van der Waals surface area contributed by atoms with Gasteiger partial charge in [0.1, 0.15) is 12.2 Å². The molecule has 0 aromatic carbocycles. The monoisotopic (exact) mass is 740 g/mol. The van der Waals surface area contributed by atoms with Crippen LogP contribution in [0.2, 0.25) is 0 Å². The third-order valence-electron chi connectivity index (χ3n) is 6.69. The van der Waals surface area contributed by atoms with E-state index in [0.717, 1.165) is 12.8 Å². The predicted octanol–water partition coefficient (Wildman–Crippen LogP) is 4.57. The van der Waals surface area contributed by atoms with Crippen molar-refractivity contribution in [2.75, 3.05) is 139 Å². The number of carbonyl (C=O) groups is 2. The van der Waals surface area contributed by atoms with Gasteiger partial charge in [-0.05, 0) is 27.2 Å². The third-order valence-corrected chi connectivity index (χ3v) is 6.69. The molecule has 0 radical (unpaired) electrons. The van der Waals surface area contributed by atoms with Crippen LogP contribution >= 0.6 is 0 Å². The van der Waals surface area contributed by atoms with Crippen molar-refractivity contribution in [3.05, 3.63) is 0 Å². The third kappa shape index (κ3) is 44.6. The number of hydrogen-bond acceptors (Lipinski definition) is 14. The lowest BCUT2D eigenvalue weighted by Crippen LogP contribution is -2.24. The maximum atomic E-state index is 11.7. The fourth-order valence-corrected chi connectivity index (χ4v) is 4.14. The summed E-state index contributed by atoms with van der Waals surface area (Å²) in [4.78, 5) is 23.3. The van der Waals surface area contributed by atoms with E-state index in [9.17, 15) is 9.59 Å². The van der Waals surface area contributed by atoms with E-state index in [4.69, 9.17) is 56.8 Å². The average Bonchev–Trinajstić information content (AvgIpc) is 3.09. The van der Waals surface area contributed by atoms with E-state index >= 15 is 0 Å². The topological polar surface area (TPSA) is 145 Å². The largest absolute Gasteiger partial charge is 0.463 e. The summed E-state index contributed by atoms with van der Waals surface area (Å²) in [5, 5.41) is 0. The number of esters is 2. The van der Waals surface area contributed by atoms with Gasteiger partial charge in [-0.15, -0.1) is 0 Å². The van der Waals surface area contributed by atoms with Gasteiger partial charge >= 0.3 is 11.9 Å². The average molecular weight is 741 g/mol. The summed E-state index contributed by atoms with van der Waals surface area (Å²) in [6, 6.07) is 0. The second-order valence-electron chi connectivity index (χ2n) is 12.6. The molecule has 0 bridgehead atoms. The fraction of sp³-hybridized carbons (Fsp3) is 0.946. The first-order valence-corrected chi connectivity index (χ1v) is 19.0. The van der Waals surface area contributed by atoms with Crippen LogP contribution in [-0.4, -0.2) is 156 Å². The minimum atomic E-state index is -0.476.